The first-order chi connectivity index (χ1) is 10.1. The summed E-state index contributed by atoms with van der Waals surface area (Å²) in [4.78, 5) is 14.1. The Kier molecular flexibility index (Phi) is 5.70. The molecule has 114 valence electrons. The summed E-state index contributed by atoms with van der Waals surface area (Å²) in [5.74, 6) is -0.0331. The van der Waals surface area contributed by atoms with E-state index in [4.69, 9.17) is 22.7 Å². The van der Waals surface area contributed by atoms with Crippen molar-refractivity contribution in [1.29, 1.82) is 0 Å². The van der Waals surface area contributed by atoms with Crippen LogP contribution < -0.4 is 5.73 Å². The molecule has 0 aromatic heterocycles. The Bertz CT molecular complexity index is 519. The van der Waals surface area contributed by atoms with Crippen LogP contribution in [0.5, 0.6) is 0 Å². The van der Waals surface area contributed by atoms with E-state index in [0.717, 1.165) is 19.3 Å². The molecule has 1 unspecified atom stereocenters. The molecule has 0 saturated carbocycles. The molecule has 0 aliphatic heterocycles. The van der Waals surface area contributed by atoms with Crippen molar-refractivity contribution in [3.8, 4) is 0 Å². The summed E-state index contributed by atoms with van der Waals surface area (Å²) in [5.41, 5.74) is 8.01. The van der Waals surface area contributed by atoms with E-state index in [0.29, 0.717) is 18.0 Å². The third-order valence-electron chi connectivity index (χ3n) is 3.84. The number of likely N-dealkylation sites (N-methyl/N-ethyl adjacent to an activating group) is 1. The predicted molar refractivity (Wildman–Crippen MR) is 87.1 cm³/mol. The van der Waals surface area contributed by atoms with E-state index in [1.165, 1.54) is 11.1 Å². The van der Waals surface area contributed by atoms with Crippen LogP contribution in [0.25, 0.3) is 0 Å². The second kappa shape index (κ2) is 7.52. The number of thiocarbonyl (C=S) groups is 1. The average molecular weight is 306 g/mol. The number of aryl methyl sites for hydroxylation is 1. The van der Waals surface area contributed by atoms with Gasteiger partial charge in [-0.05, 0) is 30.4 Å². The summed E-state index contributed by atoms with van der Waals surface area (Å²) in [5, 5.41) is 0. The Morgan fingerprint density at radius 2 is 2.24 bits per heavy atom. The highest BCUT2D eigenvalue weighted by atomic mass is 32.1. The van der Waals surface area contributed by atoms with E-state index in [2.05, 4.69) is 18.2 Å². The molecule has 21 heavy (non-hydrogen) atoms. The maximum absolute atomic E-state index is 12.0. The van der Waals surface area contributed by atoms with Crippen molar-refractivity contribution in [3.05, 3.63) is 35.4 Å². The SMILES string of the molecule is CN(CCC(N)=S)C(=O)COC1CCCc2ccccc21. The Hall–Kier alpha value is -1.46. The molecule has 0 heterocycles. The monoisotopic (exact) mass is 306 g/mol. The Balaban J connectivity index is 1.86. The van der Waals surface area contributed by atoms with Gasteiger partial charge in [0.25, 0.3) is 0 Å². The van der Waals surface area contributed by atoms with Crippen molar-refractivity contribution in [3.63, 3.8) is 0 Å². The molecular weight excluding hydrogens is 284 g/mol. The third kappa shape index (κ3) is 4.51. The molecule has 5 heteroatoms. The highest BCUT2D eigenvalue weighted by Gasteiger charge is 2.21. The molecule has 1 amide bonds. The zero-order valence-corrected chi connectivity index (χ0v) is 13.2. The van der Waals surface area contributed by atoms with Crippen LogP contribution in [-0.2, 0) is 16.0 Å². The van der Waals surface area contributed by atoms with Gasteiger partial charge in [-0.2, -0.15) is 0 Å². The van der Waals surface area contributed by atoms with Crippen molar-refractivity contribution in [2.24, 2.45) is 5.73 Å². The predicted octanol–water partition coefficient (Wildman–Crippen LogP) is 2.22. The number of carbonyl (C=O) groups is 1. The Labute approximate surface area is 131 Å². The van der Waals surface area contributed by atoms with E-state index in [1.54, 1.807) is 11.9 Å². The lowest BCUT2D eigenvalue weighted by molar-refractivity contribution is -0.137. The lowest BCUT2D eigenvalue weighted by Crippen LogP contribution is -2.33. The van der Waals surface area contributed by atoms with Gasteiger partial charge in [0.2, 0.25) is 5.91 Å². The van der Waals surface area contributed by atoms with Crippen molar-refractivity contribution >= 4 is 23.1 Å². The summed E-state index contributed by atoms with van der Waals surface area (Å²) in [7, 11) is 1.75. The number of hydrogen-bond acceptors (Lipinski definition) is 3. The summed E-state index contributed by atoms with van der Waals surface area (Å²) < 4.78 is 5.84. The zero-order chi connectivity index (χ0) is 15.2. The molecule has 1 aliphatic rings. The van der Waals surface area contributed by atoms with Gasteiger partial charge in [-0.3, -0.25) is 4.79 Å². The maximum Gasteiger partial charge on any atom is 0.248 e. The third-order valence-corrected chi connectivity index (χ3v) is 4.05. The van der Waals surface area contributed by atoms with Crippen LogP contribution in [0.2, 0.25) is 0 Å². The molecule has 1 aromatic rings. The largest absolute Gasteiger partial charge is 0.393 e. The maximum atomic E-state index is 12.0. The fourth-order valence-corrected chi connectivity index (χ4v) is 2.66. The molecule has 1 aliphatic carbocycles. The fraction of sp³-hybridized carbons (Fsp3) is 0.500. The molecule has 1 aromatic carbocycles. The van der Waals surface area contributed by atoms with Crippen LogP contribution in [0, 0.1) is 0 Å². The minimum absolute atomic E-state index is 0.0304. The molecule has 2 N–H and O–H groups in total. The molecule has 0 saturated heterocycles. The summed E-state index contributed by atoms with van der Waals surface area (Å²) >= 11 is 4.82. The van der Waals surface area contributed by atoms with E-state index < -0.39 is 0 Å². The minimum atomic E-state index is -0.0331. The van der Waals surface area contributed by atoms with E-state index >= 15 is 0 Å². The van der Waals surface area contributed by atoms with Gasteiger partial charge in [0.05, 0.1) is 11.1 Å². The van der Waals surface area contributed by atoms with Gasteiger partial charge >= 0.3 is 0 Å². The topological polar surface area (TPSA) is 55.6 Å². The smallest absolute Gasteiger partial charge is 0.248 e. The average Bonchev–Trinajstić information content (AvgIpc) is 2.50. The number of nitrogens with two attached hydrogens (primary N) is 1. The molecule has 0 fully saturated rings. The highest BCUT2D eigenvalue weighted by molar-refractivity contribution is 7.80. The summed E-state index contributed by atoms with van der Waals surface area (Å²) in [6.07, 6.45) is 3.75. The first-order valence-electron chi connectivity index (χ1n) is 7.29. The van der Waals surface area contributed by atoms with Crippen molar-refractivity contribution < 1.29 is 9.53 Å². The number of amides is 1. The molecular formula is C16H22N2O2S. The molecule has 0 radical (unpaired) electrons. The normalized spacial score (nSPS) is 17.1. The lowest BCUT2D eigenvalue weighted by Gasteiger charge is -2.26. The van der Waals surface area contributed by atoms with Gasteiger partial charge in [0.15, 0.2) is 0 Å². The number of carbonyl (C=O) groups excluding carboxylic acids is 1. The zero-order valence-electron chi connectivity index (χ0n) is 12.4. The number of ether oxygens (including phenoxy) is 1. The van der Waals surface area contributed by atoms with Gasteiger partial charge in [-0.1, -0.05) is 36.5 Å². The van der Waals surface area contributed by atoms with E-state index in [1.807, 2.05) is 6.07 Å². The van der Waals surface area contributed by atoms with Crippen LogP contribution in [0.15, 0.2) is 24.3 Å². The van der Waals surface area contributed by atoms with Crippen LogP contribution in [-0.4, -0.2) is 36.0 Å². The lowest BCUT2D eigenvalue weighted by atomic mass is 9.89. The van der Waals surface area contributed by atoms with Gasteiger partial charge in [0.1, 0.15) is 6.61 Å². The fourth-order valence-electron chi connectivity index (χ4n) is 2.57. The molecule has 0 spiro atoms. The Morgan fingerprint density at radius 1 is 1.48 bits per heavy atom. The Morgan fingerprint density at radius 3 is 3.00 bits per heavy atom. The van der Waals surface area contributed by atoms with Crippen LogP contribution >= 0.6 is 12.2 Å². The van der Waals surface area contributed by atoms with Gasteiger partial charge in [-0.25, -0.2) is 0 Å². The number of hydrogen-bond donors (Lipinski definition) is 1. The molecule has 4 nitrogen and oxygen atoms in total. The van der Waals surface area contributed by atoms with Crippen molar-refractivity contribution in [2.75, 3.05) is 20.2 Å². The molecule has 0 bridgehead atoms. The van der Waals surface area contributed by atoms with Gasteiger partial charge in [0, 0.05) is 20.0 Å². The van der Waals surface area contributed by atoms with Crippen LogP contribution in [0.1, 0.15) is 36.5 Å². The molecule has 1 atom stereocenters. The standard InChI is InChI=1S/C16H22N2O2S/c1-18(10-9-15(17)21)16(19)11-20-14-8-4-6-12-5-2-3-7-13(12)14/h2-3,5,7,14H,4,6,8-11H2,1H3,(H2,17,21). The first-order valence-corrected chi connectivity index (χ1v) is 7.70. The molecule has 2 rings (SSSR count). The van der Waals surface area contributed by atoms with Crippen molar-refractivity contribution in [1.82, 2.24) is 4.90 Å². The van der Waals surface area contributed by atoms with Crippen molar-refractivity contribution in [2.45, 2.75) is 31.8 Å². The second-order valence-corrected chi connectivity index (χ2v) is 5.95. The van der Waals surface area contributed by atoms with E-state index in [-0.39, 0.29) is 18.6 Å². The minimum Gasteiger partial charge on any atom is -0.393 e. The highest BCUT2D eigenvalue weighted by Crippen LogP contribution is 2.32. The van der Waals surface area contributed by atoms with Gasteiger partial charge < -0.3 is 15.4 Å². The quantitative estimate of drug-likeness (QED) is 0.819. The van der Waals surface area contributed by atoms with Crippen LogP contribution in [0.3, 0.4) is 0 Å². The first kappa shape index (κ1) is 15.9. The summed E-state index contributed by atoms with van der Waals surface area (Å²) in [6.45, 7) is 0.644. The van der Waals surface area contributed by atoms with Gasteiger partial charge in [-0.15, -0.1) is 0 Å². The second-order valence-electron chi connectivity index (χ2n) is 5.42. The number of nitrogens with zero attached hydrogens (tertiary/aromatic N) is 1. The van der Waals surface area contributed by atoms with Crippen LogP contribution in [0.4, 0.5) is 0 Å². The van der Waals surface area contributed by atoms with E-state index in [9.17, 15) is 4.79 Å². The number of fused-ring (bicyclic) bond motifs is 1. The number of rotatable bonds is 6. The number of benzene rings is 1. The summed E-state index contributed by atoms with van der Waals surface area (Å²) in [6, 6.07) is 8.31.